The molecule has 1 rings (SSSR count). The van der Waals surface area contributed by atoms with Crippen LogP contribution in [-0.4, -0.2) is 18.5 Å². The third kappa shape index (κ3) is 4.74. The number of rotatable bonds is 6. The molecule has 0 unspecified atom stereocenters. The van der Waals surface area contributed by atoms with E-state index in [9.17, 15) is 9.18 Å². The Morgan fingerprint density at radius 1 is 1.56 bits per heavy atom. The first-order valence-electron chi connectivity index (χ1n) is 6.01. The number of carbonyl (C=O) groups is 1. The second kappa shape index (κ2) is 7.48. The summed E-state index contributed by atoms with van der Waals surface area (Å²) in [5.74, 6) is -0.433. The second-order valence-corrected chi connectivity index (χ2v) is 5.09. The fourth-order valence-electron chi connectivity index (χ4n) is 1.63. The third-order valence-electron chi connectivity index (χ3n) is 2.64. The highest BCUT2D eigenvalue weighted by atomic mass is 79.9. The van der Waals surface area contributed by atoms with E-state index >= 15 is 0 Å². The third-order valence-corrected chi connectivity index (χ3v) is 3.13. The zero-order valence-electron chi connectivity index (χ0n) is 10.4. The minimum absolute atomic E-state index is 0.174. The average molecular weight is 317 g/mol. The zero-order chi connectivity index (χ0) is 13.5. The standard InChI is InChI=1S/C13H18BrFN2O/c1-2-3-12(16)13(18)17-7-6-9-8-10(14)4-5-11(9)15/h4-5,8,12H,2-3,6-7,16H2,1H3,(H,17,18)/t12-/m0/s1. The maximum absolute atomic E-state index is 13.4. The molecule has 18 heavy (non-hydrogen) atoms. The summed E-state index contributed by atoms with van der Waals surface area (Å²) in [5, 5.41) is 2.72. The van der Waals surface area contributed by atoms with Crippen molar-refractivity contribution in [1.82, 2.24) is 5.32 Å². The number of nitrogens with two attached hydrogens (primary N) is 1. The first-order chi connectivity index (χ1) is 8.54. The van der Waals surface area contributed by atoms with Gasteiger partial charge in [0.25, 0.3) is 0 Å². The Morgan fingerprint density at radius 2 is 2.28 bits per heavy atom. The van der Waals surface area contributed by atoms with E-state index in [1.54, 1.807) is 12.1 Å². The van der Waals surface area contributed by atoms with E-state index in [1.807, 2.05) is 6.92 Å². The van der Waals surface area contributed by atoms with Gasteiger partial charge in [0.05, 0.1) is 6.04 Å². The number of halogens is 2. The highest BCUT2D eigenvalue weighted by Gasteiger charge is 2.11. The molecule has 3 N–H and O–H groups in total. The Morgan fingerprint density at radius 3 is 2.94 bits per heavy atom. The van der Waals surface area contributed by atoms with Crippen molar-refractivity contribution in [2.24, 2.45) is 5.73 Å². The van der Waals surface area contributed by atoms with Crippen molar-refractivity contribution in [3.63, 3.8) is 0 Å². The first kappa shape index (κ1) is 15.1. The Hall–Kier alpha value is -0.940. The number of nitrogens with one attached hydrogen (secondary N) is 1. The fourth-order valence-corrected chi connectivity index (χ4v) is 2.04. The van der Waals surface area contributed by atoms with Gasteiger partial charge in [-0.3, -0.25) is 4.79 Å². The molecule has 0 aliphatic carbocycles. The van der Waals surface area contributed by atoms with E-state index in [4.69, 9.17) is 5.73 Å². The molecule has 0 saturated carbocycles. The molecular formula is C13H18BrFN2O. The molecule has 1 amide bonds. The van der Waals surface area contributed by atoms with Gasteiger partial charge in [0.2, 0.25) is 5.91 Å². The molecule has 0 heterocycles. The van der Waals surface area contributed by atoms with Crippen LogP contribution >= 0.6 is 15.9 Å². The molecule has 3 nitrogen and oxygen atoms in total. The normalized spacial score (nSPS) is 12.2. The van der Waals surface area contributed by atoms with Gasteiger partial charge in [0.1, 0.15) is 5.82 Å². The van der Waals surface area contributed by atoms with Crippen molar-refractivity contribution in [3.8, 4) is 0 Å². The maximum Gasteiger partial charge on any atom is 0.236 e. The number of carbonyl (C=O) groups excluding carboxylic acids is 1. The van der Waals surface area contributed by atoms with Crippen LogP contribution in [-0.2, 0) is 11.2 Å². The lowest BCUT2D eigenvalue weighted by atomic mass is 10.1. The van der Waals surface area contributed by atoms with Crippen molar-refractivity contribution in [1.29, 1.82) is 0 Å². The molecule has 1 aromatic carbocycles. The van der Waals surface area contributed by atoms with Crippen LogP contribution in [0.1, 0.15) is 25.3 Å². The first-order valence-corrected chi connectivity index (χ1v) is 6.81. The van der Waals surface area contributed by atoms with Crippen molar-refractivity contribution in [2.45, 2.75) is 32.2 Å². The van der Waals surface area contributed by atoms with Crippen LogP contribution in [0.2, 0.25) is 0 Å². The van der Waals surface area contributed by atoms with E-state index in [-0.39, 0.29) is 11.7 Å². The van der Waals surface area contributed by atoms with E-state index in [2.05, 4.69) is 21.2 Å². The summed E-state index contributed by atoms with van der Waals surface area (Å²) >= 11 is 3.29. The molecule has 0 aromatic heterocycles. The molecule has 100 valence electrons. The molecule has 0 fully saturated rings. The second-order valence-electron chi connectivity index (χ2n) is 4.17. The maximum atomic E-state index is 13.4. The lowest BCUT2D eigenvalue weighted by Gasteiger charge is -2.11. The SMILES string of the molecule is CCC[C@H](N)C(=O)NCCc1cc(Br)ccc1F. The van der Waals surface area contributed by atoms with Crippen LogP contribution in [0.25, 0.3) is 0 Å². The molecular weight excluding hydrogens is 299 g/mol. The van der Waals surface area contributed by atoms with Gasteiger partial charge in [0, 0.05) is 11.0 Å². The van der Waals surface area contributed by atoms with Crippen molar-refractivity contribution < 1.29 is 9.18 Å². The molecule has 0 saturated heterocycles. The molecule has 1 atom stereocenters. The van der Waals surface area contributed by atoms with Gasteiger partial charge in [-0.25, -0.2) is 4.39 Å². The van der Waals surface area contributed by atoms with Crippen LogP contribution in [0.4, 0.5) is 4.39 Å². The van der Waals surface area contributed by atoms with Gasteiger partial charge in [0.15, 0.2) is 0 Å². The predicted octanol–water partition coefficient (Wildman–Crippen LogP) is 2.37. The summed E-state index contributed by atoms with van der Waals surface area (Å²) in [6, 6.07) is 4.30. The number of hydrogen-bond acceptors (Lipinski definition) is 2. The number of hydrogen-bond donors (Lipinski definition) is 2. The van der Waals surface area contributed by atoms with Gasteiger partial charge in [-0.15, -0.1) is 0 Å². The summed E-state index contributed by atoms with van der Waals surface area (Å²) in [6.07, 6.45) is 1.99. The topological polar surface area (TPSA) is 55.1 Å². The average Bonchev–Trinajstić information content (AvgIpc) is 2.33. The zero-order valence-corrected chi connectivity index (χ0v) is 12.0. The summed E-state index contributed by atoms with van der Waals surface area (Å²) in [7, 11) is 0. The van der Waals surface area contributed by atoms with Gasteiger partial charge in [-0.1, -0.05) is 29.3 Å². The Balaban J connectivity index is 2.42. The summed E-state index contributed by atoms with van der Waals surface area (Å²) in [6.45, 7) is 2.37. The van der Waals surface area contributed by atoms with E-state index in [0.717, 1.165) is 10.9 Å². The number of benzene rings is 1. The molecule has 0 aliphatic rings. The minimum atomic E-state index is -0.470. The van der Waals surface area contributed by atoms with Crippen LogP contribution < -0.4 is 11.1 Å². The predicted molar refractivity (Wildman–Crippen MR) is 73.7 cm³/mol. The van der Waals surface area contributed by atoms with Crippen molar-refractivity contribution in [2.75, 3.05) is 6.54 Å². The van der Waals surface area contributed by atoms with Gasteiger partial charge in [-0.2, -0.15) is 0 Å². The van der Waals surface area contributed by atoms with Crippen LogP contribution in [0.5, 0.6) is 0 Å². The van der Waals surface area contributed by atoms with Crippen molar-refractivity contribution >= 4 is 21.8 Å². The smallest absolute Gasteiger partial charge is 0.236 e. The molecule has 0 radical (unpaired) electrons. The summed E-state index contributed by atoms with van der Waals surface area (Å²) in [5.41, 5.74) is 6.25. The van der Waals surface area contributed by atoms with Crippen LogP contribution in [0, 0.1) is 5.82 Å². The van der Waals surface area contributed by atoms with E-state index in [0.29, 0.717) is 24.9 Å². The Kier molecular flexibility index (Phi) is 6.29. The van der Waals surface area contributed by atoms with Gasteiger partial charge in [-0.05, 0) is 36.6 Å². The number of amides is 1. The van der Waals surface area contributed by atoms with Crippen LogP contribution in [0.15, 0.2) is 22.7 Å². The fraction of sp³-hybridized carbons (Fsp3) is 0.462. The van der Waals surface area contributed by atoms with Crippen LogP contribution in [0.3, 0.4) is 0 Å². The van der Waals surface area contributed by atoms with Gasteiger partial charge >= 0.3 is 0 Å². The van der Waals surface area contributed by atoms with E-state index in [1.165, 1.54) is 6.07 Å². The summed E-state index contributed by atoms with van der Waals surface area (Å²) in [4.78, 5) is 11.5. The summed E-state index contributed by atoms with van der Waals surface area (Å²) < 4.78 is 14.2. The van der Waals surface area contributed by atoms with Crippen molar-refractivity contribution in [3.05, 3.63) is 34.1 Å². The van der Waals surface area contributed by atoms with E-state index < -0.39 is 6.04 Å². The molecule has 0 aliphatic heterocycles. The molecule has 5 heteroatoms. The monoisotopic (exact) mass is 316 g/mol. The highest BCUT2D eigenvalue weighted by molar-refractivity contribution is 9.10. The quantitative estimate of drug-likeness (QED) is 0.846. The largest absolute Gasteiger partial charge is 0.354 e. The lowest BCUT2D eigenvalue weighted by Crippen LogP contribution is -2.41. The Bertz CT molecular complexity index is 412. The molecule has 0 spiro atoms. The molecule has 1 aromatic rings. The highest BCUT2D eigenvalue weighted by Crippen LogP contribution is 2.15. The molecule has 0 bridgehead atoms. The lowest BCUT2D eigenvalue weighted by molar-refractivity contribution is -0.122. The minimum Gasteiger partial charge on any atom is -0.354 e. The Labute approximate surface area is 115 Å². The van der Waals surface area contributed by atoms with Gasteiger partial charge < -0.3 is 11.1 Å².